The van der Waals surface area contributed by atoms with Crippen molar-refractivity contribution >= 4 is 40.7 Å². The van der Waals surface area contributed by atoms with Gasteiger partial charge in [-0.05, 0) is 81.1 Å². The minimum atomic E-state index is -0.0951. The summed E-state index contributed by atoms with van der Waals surface area (Å²) in [5.74, 6) is 2.45. The molecule has 1 aromatic heterocycles. The summed E-state index contributed by atoms with van der Waals surface area (Å²) >= 11 is 11.9. The summed E-state index contributed by atoms with van der Waals surface area (Å²) in [7, 11) is 0. The van der Waals surface area contributed by atoms with Crippen LogP contribution in [0.4, 0.5) is 11.8 Å². The third-order valence-electron chi connectivity index (χ3n) is 7.47. The predicted octanol–water partition coefficient (Wildman–Crippen LogP) is 6.34. The van der Waals surface area contributed by atoms with E-state index in [1.165, 1.54) is 12.0 Å². The van der Waals surface area contributed by atoms with E-state index in [9.17, 15) is 0 Å². The zero-order valence-corrected chi connectivity index (χ0v) is 23.2. The molecule has 7 nitrogen and oxygen atoms in total. The van der Waals surface area contributed by atoms with Crippen LogP contribution in [0.1, 0.15) is 44.6 Å². The molecule has 2 aromatic carbocycles. The maximum Gasteiger partial charge on any atom is 0.234 e. The number of aromatic nitrogens is 2. The fourth-order valence-corrected chi connectivity index (χ4v) is 5.53. The monoisotopic (exact) mass is 551 g/mol. The molecule has 2 fully saturated rings. The Morgan fingerprint density at radius 1 is 1.11 bits per heavy atom. The van der Waals surface area contributed by atoms with Gasteiger partial charge in [0.15, 0.2) is 5.11 Å². The summed E-state index contributed by atoms with van der Waals surface area (Å²) in [6, 6.07) is 20.1. The van der Waals surface area contributed by atoms with E-state index in [1.807, 2.05) is 48.5 Å². The summed E-state index contributed by atoms with van der Waals surface area (Å²) < 4.78 is 11.8. The zero-order chi connectivity index (χ0) is 26.4. The molecule has 0 bridgehead atoms. The van der Waals surface area contributed by atoms with Crippen molar-refractivity contribution in [2.45, 2.75) is 50.5 Å². The van der Waals surface area contributed by atoms with Gasteiger partial charge in [-0.2, -0.15) is 9.97 Å². The molecule has 1 atom stereocenters. The summed E-state index contributed by atoms with van der Waals surface area (Å²) in [5.41, 5.74) is 1.14. The van der Waals surface area contributed by atoms with E-state index in [2.05, 4.69) is 39.6 Å². The third kappa shape index (κ3) is 6.54. The fraction of sp³-hybridized carbons (Fsp3) is 0.414. The molecule has 0 unspecified atom stereocenters. The molecule has 200 valence electrons. The van der Waals surface area contributed by atoms with Gasteiger partial charge in [0.25, 0.3) is 0 Å². The van der Waals surface area contributed by atoms with Crippen molar-refractivity contribution in [2.75, 3.05) is 36.5 Å². The van der Waals surface area contributed by atoms with Crippen LogP contribution in [0.5, 0.6) is 11.6 Å². The van der Waals surface area contributed by atoms with Crippen molar-refractivity contribution in [1.82, 2.24) is 15.3 Å². The lowest BCUT2D eigenvalue weighted by Gasteiger charge is -2.38. The molecule has 2 N–H and O–H groups in total. The van der Waals surface area contributed by atoms with Crippen LogP contribution >= 0.6 is 23.8 Å². The Bertz CT molecular complexity index is 1220. The first-order valence-electron chi connectivity index (χ1n) is 13.3. The molecule has 2 aliphatic rings. The lowest BCUT2D eigenvalue weighted by atomic mass is 9.74. The van der Waals surface area contributed by atoms with Gasteiger partial charge in [0.05, 0.1) is 0 Å². The lowest BCUT2D eigenvalue weighted by Crippen LogP contribution is -2.45. The smallest absolute Gasteiger partial charge is 0.234 e. The van der Waals surface area contributed by atoms with Crippen molar-refractivity contribution in [3.8, 4) is 11.6 Å². The highest BCUT2D eigenvalue weighted by molar-refractivity contribution is 7.80. The van der Waals surface area contributed by atoms with E-state index in [1.54, 1.807) is 0 Å². The summed E-state index contributed by atoms with van der Waals surface area (Å²) in [6.07, 6.45) is 5.31. The van der Waals surface area contributed by atoms with E-state index in [4.69, 9.17) is 38.3 Å². The Balaban J connectivity index is 1.33. The van der Waals surface area contributed by atoms with Gasteiger partial charge in [0.2, 0.25) is 11.8 Å². The molecule has 2 aliphatic heterocycles. The summed E-state index contributed by atoms with van der Waals surface area (Å²) in [5, 5.41) is 7.85. The van der Waals surface area contributed by atoms with Gasteiger partial charge in [-0.1, -0.05) is 41.9 Å². The number of rotatable bonds is 7. The number of para-hydroxylation sites is 1. The first kappa shape index (κ1) is 26.7. The van der Waals surface area contributed by atoms with Gasteiger partial charge in [0, 0.05) is 48.8 Å². The second kappa shape index (κ2) is 12.3. The maximum absolute atomic E-state index is 6.16. The van der Waals surface area contributed by atoms with Gasteiger partial charge in [-0.15, -0.1) is 0 Å². The Morgan fingerprint density at radius 3 is 2.61 bits per heavy atom. The highest BCUT2D eigenvalue weighted by atomic mass is 35.5. The van der Waals surface area contributed by atoms with Crippen molar-refractivity contribution in [1.29, 1.82) is 0 Å². The second-order valence-corrected chi connectivity index (χ2v) is 10.9. The number of nitrogens with zero attached hydrogens (tertiary/aromatic N) is 3. The van der Waals surface area contributed by atoms with Crippen LogP contribution in [0.2, 0.25) is 5.02 Å². The number of thiocarbonyl (C=S) groups is 1. The molecular formula is C29H34ClN5O2S. The van der Waals surface area contributed by atoms with Gasteiger partial charge in [0.1, 0.15) is 11.6 Å². The quantitative estimate of drug-likeness (QED) is 0.330. The molecule has 38 heavy (non-hydrogen) atoms. The number of hydrogen-bond acceptors (Lipinski definition) is 6. The van der Waals surface area contributed by atoms with Crippen LogP contribution in [-0.2, 0) is 10.2 Å². The Morgan fingerprint density at radius 2 is 1.87 bits per heavy atom. The fourth-order valence-electron chi connectivity index (χ4n) is 5.24. The van der Waals surface area contributed by atoms with Crippen LogP contribution < -0.4 is 20.3 Å². The van der Waals surface area contributed by atoms with Crippen molar-refractivity contribution in [3.05, 3.63) is 71.2 Å². The van der Waals surface area contributed by atoms with Crippen LogP contribution in [0.3, 0.4) is 0 Å². The minimum absolute atomic E-state index is 0.0951. The number of nitrogens with one attached hydrogen (secondary N) is 2. The second-order valence-electron chi connectivity index (χ2n) is 10.0. The topological polar surface area (TPSA) is 71.5 Å². The molecule has 0 radical (unpaired) electrons. The molecule has 3 heterocycles. The van der Waals surface area contributed by atoms with Crippen LogP contribution in [0.15, 0.2) is 60.7 Å². The van der Waals surface area contributed by atoms with E-state index >= 15 is 0 Å². The van der Waals surface area contributed by atoms with Crippen molar-refractivity contribution < 1.29 is 9.47 Å². The molecule has 2 saturated heterocycles. The third-order valence-corrected chi connectivity index (χ3v) is 7.97. The van der Waals surface area contributed by atoms with Crippen molar-refractivity contribution in [2.24, 2.45) is 0 Å². The summed E-state index contributed by atoms with van der Waals surface area (Å²) in [6.45, 7) is 5.28. The van der Waals surface area contributed by atoms with Gasteiger partial charge in [-0.25, -0.2) is 0 Å². The van der Waals surface area contributed by atoms with E-state index < -0.39 is 0 Å². The van der Waals surface area contributed by atoms with Crippen molar-refractivity contribution in [3.63, 3.8) is 0 Å². The molecule has 9 heteroatoms. The van der Waals surface area contributed by atoms with Gasteiger partial charge < -0.3 is 25.0 Å². The van der Waals surface area contributed by atoms with Crippen LogP contribution in [-0.4, -0.2) is 47.4 Å². The molecule has 0 aliphatic carbocycles. The number of benzene rings is 2. The zero-order valence-electron chi connectivity index (χ0n) is 21.7. The first-order valence-corrected chi connectivity index (χ1v) is 14.1. The number of anilines is 2. The lowest BCUT2D eigenvalue weighted by molar-refractivity contribution is 0.0515. The molecule has 0 amide bonds. The maximum atomic E-state index is 6.16. The normalized spacial score (nSPS) is 19.0. The molecule has 0 spiro atoms. The van der Waals surface area contributed by atoms with E-state index in [-0.39, 0.29) is 5.41 Å². The van der Waals surface area contributed by atoms with E-state index in [0.717, 1.165) is 48.8 Å². The molecule has 3 aromatic rings. The van der Waals surface area contributed by atoms with Gasteiger partial charge >= 0.3 is 0 Å². The van der Waals surface area contributed by atoms with Crippen LogP contribution in [0, 0.1) is 0 Å². The number of halogens is 1. The standard InChI is InChI=1S/C29H34ClN5O2S/c1-21-7-5-6-16-35(21)25-19-26(37-24-8-3-2-4-9-24)33-27(32-25)34-28(38)31-20-29(14-17-36-18-15-29)22-10-12-23(30)13-11-22/h2-4,8-13,19,21H,5-7,14-18,20H2,1H3,(H2,31,32,33,34,38)/t21-/m1/s1. The Hall–Kier alpha value is -2.94. The highest BCUT2D eigenvalue weighted by Gasteiger charge is 2.34. The van der Waals surface area contributed by atoms with Crippen LogP contribution in [0.25, 0.3) is 0 Å². The summed E-state index contributed by atoms with van der Waals surface area (Å²) in [4.78, 5) is 11.8. The largest absolute Gasteiger partial charge is 0.439 e. The average Bonchev–Trinajstić information content (AvgIpc) is 2.93. The Labute approximate surface area is 234 Å². The first-order chi connectivity index (χ1) is 18.5. The minimum Gasteiger partial charge on any atom is -0.439 e. The number of piperidine rings is 1. The molecule has 5 rings (SSSR count). The molecular weight excluding hydrogens is 518 g/mol. The van der Waals surface area contributed by atoms with Gasteiger partial charge in [-0.3, -0.25) is 0 Å². The predicted molar refractivity (Wildman–Crippen MR) is 157 cm³/mol. The SMILES string of the molecule is C[C@@H]1CCCCN1c1cc(Oc2ccccc2)nc(NC(=S)NCC2(c3ccc(Cl)cc3)CCOCC2)n1. The number of ether oxygens (including phenoxy) is 2. The molecule has 0 saturated carbocycles. The van der Waals surface area contributed by atoms with E-state index in [0.29, 0.717) is 42.7 Å². The average molecular weight is 552 g/mol. The Kier molecular flexibility index (Phi) is 8.61. The highest BCUT2D eigenvalue weighted by Crippen LogP contribution is 2.35. The number of hydrogen-bond donors (Lipinski definition) is 2.